The van der Waals surface area contributed by atoms with Gasteiger partial charge in [0.05, 0.1) is 27.3 Å². The lowest BCUT2D eigenvalue weighted by Crippen LogP contribution is -2.30. The molecule has 0 spiro atoms. The van der Waals surface area contributed by atoms with Gasteiger partial charge >= 0.3 is 0 Å². The van der Waals surface area contributed by atoms with Gasteiger partial charge in [0.25, 0.3) is 0 Å². The molecule has 0 bridgehead atoms. The van der Waals surface area contributed by atoms with E-state index in [9.17, 15) is 9.59 Å². The van der Waals surface area contributed by atoms with Gasteiger partial charge < -0.3 is 15.2 Å². The van der Waals surface area contributed by atoms with Gasteiger partial charge in [-0.2, -0.15) is 0 Å². The average Bonchev–Trinajstić information content (AvgIpc) is 3.56. The van der Waals surface area contributed by atoms with Crippen molar-refractivity contribution in [2.75, 3.05) is 11.1 Å². The van der Waals surface area contributed by atoms with Crippen LogP contribution in [-0.4, -0.2) is 42.6 Å². The van der Waals surface area contributed by atoms with Crippen LogP contribution in [0.15, 0.2) is 94.7 Å². The molecule has 8 nitrogen and oxygen atoms in total. The molecule has 0 fully saturated rings. The van der Waals surface area contributed by atoms with E-state index in [4.69, 9.17) is 0 Å². The van der Waals surface area contributed by atoms with Crippen molar-refractivity contribution >= 4 is 62.6 Å². The number of thiazole rings is 1. The molecule has 39 heavy (non-hydrogen) atoms. The lowest BCUT2D eigenvalue weighted by atomic mass is 9.99. The van der Waals surface area contributed by atoms with Gasteiger partial charge in [-0.3, -0.25) is 9.59 Å². The fourth-order valence-electron chi connectivity index (χ4n) is 3.86. The topological polar surface area (TPSA) is 102 Å². The monoisotopic (exact) mass is 574 g/mol. The smallest absolute Gasteiger partial charge is 0.237 e. The van der Waals surface area contributed by atoms with E-state index in [1.807, 2.05) is 92.8 Å². The summed E-state index contributed by atoms with van der Waals surface area (Å²) in [5.41, 5.74) is 3.58. The van der Waals surface area contributed by atoms with Crippen LogP contribution in [0.1, 0.15) is 24.1 Å². The van der Waals surface area contributed by atoms with E-state index in [1.165, 1.54) is 34.9 Å². The number of nitrogens with zero attached hydrogens (tertiary/aromatic N) is 4. The first-order valence-electron chi connectivity index (χ1n) is 12.2. The average molecular weight is 575 g/mol. The molecule has 1 atom stereocenters. The van der Waals surface area contributed by atoms with Crippen molar-refractivity contribution in [3.63, 3.8) is 0 Å². The molecule has 2 heterocycles. The number of anilines is 1. The molecule has 3 aromatic carbocycles. The molecular weight excluding hydrogens is 549 g/mol. The Kier molecular flexibility index (Phi) is 8.60. The van der Waals surface area contributed by atoms with Crippen LogP contribution in [0.3, 0.4) is 0 Å². The molecule has 11 heteroatoms. The third-order valence-corrected chi connectivity index (χ3v) is 9.16. The summed E-state index contributed by atoms with van der Waals surface area (Å²) < 4.78 is 3.52. The van der Waals surface area contributed by atoms with E-state index in [0.29, 0.717) is 10.8 Å². The lowest BCUT2D eigenvalue weighted by Gasteiger charge is -2.19. The van der Waals surface area contributed by atoms with Gasteiger partial charge in [-0.1, -0.05) is 84.2 Å². The minimum absolute atomic E-state index is 0.0701. The molecule has 2 amide bonds. The summed E-state index contributed by atoms with van der Waals surface area (Å²) in [6.07, 6.45) is 1.61. The van der Waals surface area contributed by atoms with Crippen molar-refractivity contribution < 1.29 is 9.59 Å². The summed E-state index contributed by atoms with van der Waals surface area (Å²) in [5.74, 6) is 0.0555. The standard InChI is InChI=1S/C28H26N6O2S3/c1-18(38-27-33-29-17-34(27)2)26(36)30-21-13-14-22-23(15-21)39-28(31-22)37-16-24(35)32-25(19-9-5-3-6-10-19)20-11-7-4-8-12-20/h3-15,17-18,25H,16H2,1-2H3,(H,30,36)(H,32,35)/t18-/m1/s1. The third kappa shape index (κ3) is 6.86. The van der Waals surface area contributed by atoms with Gasteiger partial charge in [0.2, 0.25) is 11.8 Å². The highest BCUT2D eigenvalue weighted by Gasteiger charge is 2.19. The lowest BCUT2D eigenvalue weighted by molar-refractivity contribution is -0.119. The summed E-state index contributed by atoms with van der Waals surface area (Å²) in [6.45, 7) is 1.83. The number of hydrogen-bond acceptors (Lipinski definition) is 8. The molecule has 0 radical (unpaired) electrons. The van der Waals surface area contributed by atoms with Crippen molar-refractivity contribution in [2.24, 2.45) is 7.05 Å². The maximum absolute atomic E-state index is 12.9. The molecule has 198 valence electrons. The maximum Gasteiger partial charge on any atom is 0.237 e. The SMILES string of the molecule is C[C@@H](Sc1nncn1C)C(=O)Nc1ccc2nc(SCC(=O)NC(c3ccccc3)c3ccccc3)sc2c1. The number of thioether (sulfide) groups is 2. The minimum Gasteiger partial charge on any atom is -0.344 e. The second-order valence-electron chi connectivity index (χ2n) is 8.75. The van der Waals surface area contributed by atoms with Crippen molar-refractivity contribution in [3.05, 3.63) is 96.3 Å². The second kappa shape index (κ2) is 12.5. The summed E-state index contributed by atoms with van der Waals surface area (Å²) in [7, 11) is 1.84. The van der Waals surface area contributed by atoms with E-state index < -0.39 is 0 Å². The van der Waals surface area contributed by atoms with E-state index in [-0.39, 0.29) is 28.9 Å². The van der Waals surface area contributed by atoms with Gasteiger partial charge in [0, 0.05) is 12.7 Å². The van der Waals surface area contributed by atoms with E-state index in [0.717, 1.165) is 25.7 Å². The Balaban J connectivity index is 1.20. The molecule has 2 N–H and O–H groups in total. The molecule has 5 rings (SSSR count). The van der Waals surface area contributed by atoms with E-state index in [2.05, 4.69) is 25.8 Å². The zero-order chi connectivity index (χ0) is 27.2. The zero-order valence-electron chi connectivity index (χ0n) is 21.3. The Labute approximate surface area is 238 Å². The highest BCUT2D eigenvalue weighted by atomic mass is 32.2. The fraction of sp³-hybridized carbons (Fsp3) is 0.179. The molecule has 0 aliphatic rings. The van der Waals surface area contributed by atoms with Crippen molar-refractivity contribution in [2.45, 2.75) is 27.7 Å². The normalized spacial score (nSPS) is 12.0. The van der Waals surface area contributed by atoms with Crippen molar-refractivity contribution in [3.8, 4) is 0 Å². The molecule has 0 aliphatic carbocycles. The van der Waals surface area contributed by atoms with Gasteiger partial charge in [0.15, 0.2) is 9.50 Å². The fourth-order valence-corrected chi connectivity index (χ4v) is 6.57. The summed E-state index contributed by atoms with van der Waals surface area (Å²) >= 11 is 4.25. The molecule has 0 aliphatic heterocycles. The van der Waals surface area contributed by atoms with Crippen molar-refractivity contribution in [1.29, 1.82) is 0 Å². The first-order chi connectivity index (χ1) is 19.0. The van der Waals surface area contributed by atoms with Gasteiger partial charge in [-0.15, -0.1) is 21.5 Å². The number of benzene rings is 3. The molecule has 0 saturated heterocycles. The first kappa shape index (κ1) is 26.9. The Morgan fingerprint density at radius 1 is 1.00 bits per heavy atom. The number of aromatic nitrogens is 4. The van der Waals surface area contributed by atoms with Gasteiger partial charge in [-0.25, -0.2) is 4.98 Å². The Bertz CT molecular complexity index is 1530. The van der Waals surface area contributed by atoms with Gasteiger partial charge in [-0.05, 0) is 36.2 Å². The van der Waals surface area contributed by atoms with Gasteiger partial charge in [0.1, 0.15) is 6.33 Å². The highest BCUT2D eigenvalue weighted by Crippen LogP contribution is 2.32. The van der Waals surface area contributed by atoms with Crippen LogP contribution in [-0.2, 0) is 16.6 Å². The van der Waals surface area contributed by atoms with Crippen LogP contribution < -0.4 is 10.6 Å². The maximum atomic E-state index is 12.9. The Morgan fingerprint density at radius 2 is 1.69 bits per heavy atom. The Morgan fingerprint density at radius 3 is 2.33 bits per heavy atom. The third-order valence-electron chi connectivity index (χ3n) is 5.86. The number of aryl methyl sites for hydroxylation is 1. The van der Waals surface area contributed by atoms with E-state index >= 15 is 0 Å². The molecule has 5 aromatic rings. The summed E-state index contributed by atoms with van der Waals surface area (Å²) in [4.78, 5) is 30.3. The summed E-state index contributed by atoms with van der Waals surface area (Å²) in [6, 6.07) is 25.3. The number of carbonyl (C=O) groups excluding carboxylic acids is 2. The quantitative estimate of drug-likeness (QED) is 0.211. The number of nitrogens with one attached hydrogen (secondary N) is 2. The van der Waals surface area contributed by atoms with Crippen LogP contribution in [0, 0.1) is 0 Å². The number of rotatable bonds is 10. The van der Waals surface area contributed by atoms with Crippen LogP contribution in [0.2, 0.25) is 0 Å². The van der Waals surface area contributed by atoms with Crippen molar-refractivity contribution in [1.82, 2.24) is 25.1 Å². The summed E-state index contributed by atoms with van der Waals surface area (Å²) in [5, 5.41) is 14.4. The molecule has 2 aromatic heterocycles. The number of hydrogen-bond donors (Lipinski definition) is 2. The molecule has 0 saturated carbocycles. The predicted molar refractivity (Wildman–Crippen MR) is 158 cm³/mol. The first-order valence-corrected chi connectivity index (χ1v) is 14.9. The van der Waals surface area contributed by atoms with E-state index in [1.54, 1.807) is 10.9 Å². The highest BCUT2D eigenvalue weighted by molar-refractivity contribution is 8.01. The van der Waals surface area contributed by atoms with Crippen LogP contribution in [0.25, 0.3) is 10.2 Å². The second-order valence-corrected chi connectivity index (χ2v) is 12.3. The Hall–Kier alpha value is -3.67. The predicted octanol–water partition coefficient (Wildman–Crippen LogP) is 5.54. The zero-order valence-corrected chi connectivity index (χ0v) is 23.7. The number of fused-ring (bicyclic) bond motifs is 1. The molecule has 0 unspecified atom stereocenters. The van der Waals surface area contributed by atoms with Crippen LogP contribution in [0.4, 0.5) is 5.69 Å². The number of amides is 2. The van der Waals surface area contributed by atoms with Crippen LogP contribution in [0.5, 0.6) is 0 Å². The largest absolute Gasteiger partial charge is 0.344 e. The van der Waals surface area contributed by atoms with Crippen LogP contribution >= 0.6 is 34.9 Å². The minimum atomic E-state index is -0.342. The molecular formula is C28H26N6O2S3. The number of carbonyl (C=O) groups is 2.